The van der Waals surface area contributed by atoms with Crippen molar-refractivity contribution in [2.75, 3.05) is 0 Å². The number of hydrogen-bond acceptors (Lipinski definition) is 4. The maximum Gasteiger partial charge on any atom is 0.429 e. The first kappa shape index (κ1) is 8.90. The van der Waals surface area contributed by atoms with Crippen LogP contribution in [0.15, 0.2) is 0 Å². The highest BCUT2D eigenvalue weighted by molar-refractivity contribution is 6.32. The third-order valence-electron chi connectivity index (χ3n) is 0.688. The van der Waals surface area contributed by atoms with Gasteiger partial charge in [0.1, 0.15) is 0 Å². The molecule has 0 unspecified atom stereocenters. The first-order valence-electron chi connectivity index (χ1n) is 2.74. The molecule has 0 saturated heterocycles. The van der Waals surface area contributed by atoms with Crippen LogP contribution in [0.25, 0.3) is 0 Å². The Hall–Kier alpha value is -1.10. The van der Waals surface area contributed by atoms with Crippen LogP contribution in [-0.4, -0.2) is 23.2 Å². The summed E-state index contributed by atoms with van der Waals surface area (Å²) in [6, 6.07) is -0.147. The van der Waals surface area contributed by atoms with Crippen LogP contribution in [0.4, 0.5) is 0 Å². The van der Waals surface area contributed by atoms with Crippen molar-refractivity contribution in [2.24, 2.45) is 0 Å². The van der Waals surface area contributed by atoms with E-state index in [0.29, 0.717) is 0 Å². The average molecular weight is 147 g/mol. The van der Waals surface area contributed by atoms with Crippen molar-refractivity contribution >= 4 is 11.9 Å². The van der Waals surface area contributed by atoms with Gasteiger partial charge in [0, 0.05) is 6.04 Å². The Morgan fingerprint density at radius 3 is 2.30 bits per heavy atom. The molecule has 0 heterocycles. The summed E-state index contributed by atoms with van der Waals surface area (Å²) in [5.74, 6) is -2.24. The number of carbonyl (C=O) groups is 2. The van der Waals surface area contributed by atoms with E-state index < -0.39 is 11.9 Å². The van der Waals surface area contributed by atoms with E-state index in [4.69, 9.17) is 5.26 Å². The second kappa shape index (κ2) is 3.84. The predicted octanol–water partition coefficient (Wildman–Crippen LogP) is -0.473. The van der Waals surface area contributed by atoms with E-state index in [1.54, 1.807) is 13.8 Å². The Balaban J connectivity index is 3.74. The normalized spacial score (nSPS) is 9.20. The number of carbonyl (C=O) groups excluding carboxylic acids is 2. The van der Waals surface area contributed by atoms with Crippen molar-refractivity contribution in [1.82, 2.24) is 5.32 Å². The van der Waals surface area contributed by atoms with Gasteiger partial charge < -0.3 is 5.32 Å². The molecule has 1 amide bonds. The highest BCUT2D eigenvalue weighted by atomic mass is 17.1. The van der Waals surface area contributed by atoms with Gasteiger partial charge in [-0.15, -0.1) is 0 Å². The minimum atomic E-state index is -1.30. The smallest absolute Gasteiger partial charge is 0.344 e. The van der Waals surface area contributed by atoms with Crippen molar-refractivity contribution < 1.29 is 19.7 Å². The Morgan fingerprint density at radius 1 is 1.50 bits per heavy atom. The Kier molecular flexibility index (Phi) is 3.42. The van der Waals surface area contributed by atoms with Gasteiger partial charge in [0.05, 0.1) is 0 Å². The Labute approximate surface area is 57.9 Å². The molecular formula is C5H9NO4. The monoisotopic (exact) mass is 147 g/mol. The molecule has 0 aliphatic carbocycles. The van der Waals surface area contributed by atoms with Gasteiger partial charge in [-0.25, -0.2) is 4.79 Å². The second-order valence-corrected chi connectivity index (χ2v) is 2.01. The number of hydrogen-bond donors (Lipinski definition) is 2. The second-order valence-electron chi connectivity index (χ2n) is 2.01. The molecule has 0 spiro atoms. The van der Waals surface area contributed by atoms with Gasteiger partial charge in [-0.05, 0) is 13.8 Å². The zero-order valence-electron chi connectivity index (χ0n) is 5.75. The summed E-state index contributed by atoms with van der Waals surface area (Å²) < 4.78 is 0. The van der Waals surface area contributed by atoms with Gasteiger partial charge in [-0.2, -0.15) is 5.26 Å². The van der Waals surface area contributed by atoms with Gasteiger partial charge >= 0.3 is 11.9 Å². The zero-order valence-corrected chi connectivity index (χ0v) is 5.75. The first-order chi connectivity index (χ1) is 4.57. The molecule has 2 N–H and O–H groups in total. The lowest BCUT2D eigenvalue weighted by Gasteiger charge is -2.03. The summed E-state index contributed by atoms with van der Waals surface area (Å²) in [7, 11) is 0. The molecule has 0 aromatic rings. The third kappa shape index (κ3) is 3.03. The first-order valence-corrected chi connectivity index (χ1v) is 2.74. The van der Waals surface area contributed by atoms with E-state index in [2.05, 4.69) is 10.2 Å². The van der Waals surface area contributed by atoms with E-state index in [1.807, 2.05) is 0 Å². The minimum absolute atomic E-state index is 0.147. The predicted molar refractivity (Wildman–Crippen MR) is 32.0 cm³/mol. The quantitative estimate of drug-likeness (QED) is 0.298. The molecule has 0 atom stereocenters. The maximum absolute atomic E-state index is 10.4. The molecule has 0 aliphatic heterocycles. The standard InChI is InChI=1S/C5H9NO4/c1-3(2)6-4(7)5(8)10-9/h3,9H,1-2H3,(H,6,7). The molecule has 0 bridgehead atoms. The van der Waals surface area contributed by atoms with Crippen LogP contribution in [0, 0.1) is 0 Å². The third-order valence-corrected chi connectivity index (χ3v) is 0.688. The summed E-state index contributed by atoms with van der Waals surface area (Å²) in [5, 5.41) is 9.93. The Bertz CT molecular complexity index is 143. The van der Waals surface area contributed by atoms with Crippen molar-refractivity contribution in [1.29, 1.82) is 0 Å². The van der Waals surface area contributed by atoms with Gasteiger partial charge in [-0.3, -0.25) is 9.68 Å². The van der Waals surface area contributed by atoms with Crippen molar-refractivity contribution in [2.45, 2.75) is 19.9 Å². The fourth-order valence-electron chi connectivity index (χ4n) is 0.363. The lowest BCUT2D eigenvalue weighted by molar-refractivity contribution is -0.232. The van der Waals surface area contributed by atoms with Gasteiger partial charge in [0.2, 0.25) is 0 Å². The van der Waals surface area contributed by atoms with Gasteiger partial charge in [0.15, 0.2) is 0 Å². The molecule has 0 rings (SSSR count). The lowest BCUT2D eigenvalue weighted by Crippen LogP contribution is -2.36. The van der Waals surface area contributed by atoms with Gasteiger partial charge in [-0.1, -0.05) is 0 Å². The molecule has 0 radical (unpaired) electrons. The summed E-state index contributed by atoms with van der Waals surface area (Å²) in [6.45, 7) is 3.37. The summed E-state index contributed by atoms with van der Waals surface area (Å²) >= 11 is 0. The van der Waals surface area contributed by atoms with E-state index in [0.717, 1.165) is 0 Å². The van der Waals surface area contributed by atoms with Crippen LogP contribution >= 0.6 is 0 Å². The van der Waals surface area contributed by atoms with Crippen LogP contribution in [0.5, 0.6) is 0 Å². The van der Waals surface area contributed by atoms with E-state index in [9.17, 15) is 9.59 Å². The van der Waals surface area contributed by atoms with Gasteiger partial charge in [0.25, 0.3) is 0 Å². The van der Waals surface area contributed by atoms with E-state index >= 15 is 0 Å². The molecule has 5 heteroatoms. The molecule has 0 aliphatic rings. The highest BCUT2D eigenvalue weighted by Crippen LogP contribution is 1.78. The molecule has 0 fully saturated rings. The van der Waals surface area contributed by atoms with Crippen molar-refractivity contribution in [3.05, 3.63) is 0 Å². The topological polar surface area (TPSA) is 75.6 Å². The summed E-state index contributed by atoms with van der Waals surface area (Å²) in [5.41, 5.74) is 0. The molecule has 0 aromatic heterocycles. The molecule has 10 heavy (non-hydrogen) atoms. The Morgan fingerprint density at radius 2 is 2.00 bits per heavy atom. The zero-order chi connectivity index (χ0) is 8.15. The van der Waals surface area contributed by atoms with Crippen LogP contribution in [-0.2, 0) is 14.5 Å². The average Bonchev–Trinajstić information content (AvgIpc) is 1.85. The van der Waals surface area contributed by atoms with Crippen molar-refractivity contribution in [3.8, 4) is 0 Å². The summed E-state index contributed by atoms with van der Waals surface area (Å²) in [4.78, 5) is 23.8. The maximum atomic E-state index is 10.4. The highest BCUT2D eigenvalue weighted by Gasteiger charge is 2.15. The fourth-order valence-corrected chi connectivity index (χ4v) is 0.363. The number of amides is 1. The van der Waals surface area contributed by atoms with E-state index in [-0.39, 0.29) is 6.04 Å². The largest absolute Gasteiger partial charge is 0.429 e. The van der Waals surface area contributed by atoms with E-state index in [1.165, 1.54) is 0 Å². The number of nitrogens with one attached hydrogen (secondary N) is 1. The molecule has 58 valence electrons. The van der Waals surface area contributed by atoms with Crippen LogP contribution < -0.4 is 5.32 Å². The molecule has 0 saturated carbocycles. The minimum Gasteiger partial charge on any atom is -0.344 e. The SMILES string of the molecule is CC(C)NC(=O)C(=O)OO. The van der Waals surface area contributed by atoms with Crippen LogP contribution in [0.2, 0.25) is 0 Å². The molecule has 5 nitrogen and oxygen atoms in total. The van der Waals surface area contributed by atoms with Crippen LogP contribution in [0.1, 0.15) is 13.8 Å². The fraction of sp³-hybridized carbons (Fsp3) is 0.600. The summed E-state index contributed by atoms with van der Waals surface area (Å²) in [6.07, 6.45) is 0. The number of rotatable bonds is 1. The van der Waals surface area contributed by atoms with Crippen molar-refractivity contribution in [3.63, 3.8) is 0 Å². The lowest BCUT2D eigenvalue weighted by atomic mass is 10.4. The molecular weight excluding hydrogens is 138 g/mol. The van der Waals surface area contributed by atoms with Crippen LogP contribution in [0.3, 0.4) is 0 Å². The molecule has 0 aromatic carbocycles.